The van der Waals surface area contributed by atoms with Crippen molar-refractivity contribution in [3.05, 3.63) is 29.8 Å². The number of carbonyl (C=O) groups is 1. The molecule has 0 radical (unpaired) electrons. The molecule has 1 aliphatic rings. The lowest BCUT2D eigenvalue weighted by atomic mass is 9.93. The summed E-state index contributed by atoms with van der Waals surface area (Å²) in [6, 6.07) is 7.40. The Labute approximate surface area is 91.3 Å². The second-order valence-electron chi connectivity index (χ2n) is 3.96. The van der Waals surface area contributed by atoms with E-state index in [-0.39, 0.29) is 11.4 Å². The first-order valence-corrected chi connectivity index (χ1v) is 5.40. The van der Waals surface area contributed by atoms with E-state index in [2.05, 4.69) is 0 Å². The predicted molar refractivity (Wildman–Crippen MR) is 61.4 cm³/mol. The van der Waals surface area contributed by atoms with Crippen LogP contribution in [0.25, 0.3) is 0 Å². The highest BCUT2D eigenvalue weighted by Gasteiger charge is 2.31. The van der Waals surface area contributed by atoms with Crippen LogP contribution in [0.5, 0.6) is 5.75 Å². The Balaban J connectivity index is 0.000000531. The van der Waals surface area contributed by atoms with Gasteiger partial charge in [-0.3, -0.25) is 4.79 Å². The predicted octanol–water partition coefficient (Wildman–Crippen LogP) is 3.46. The summed E-state index contributed by atoms with van der Waals surface area (Å²) in [4.78, 5) is 11.6. The molecule has 0 amide bonds. The molecule has 0 saturated heterocycles. The van der Waals surface area contributed by atoms with E-state index in [0.717, 1.165) is 0 Å². The quantitative estimate of drug-likeness (QED) is 0.649. The van der Waals surface area contributed by atoms with Gasteiger partial charge < -0.3 is 4.74 Å². The van der Waals surface area contributed by atoms with Gasteiger partial charge in [0.25, 0.3) is 0 Å². The summed E-state index contributed by atoms with van der Waals surface area (Å²) < 4.78 is 5.67. The fourth-order valence-electron chi connectivity index (χ4n) is 1.60. The van der Waals surface area contributed by atoms with Gasteiger partial charge in [-0.05, 0) is 26.0 Å². The SMILES string of the molecule is CC.CC1(C)CC(=O)c2ccccc2O1. The van der Waals surface area contributed by atoms with E-state index in [9.17, 15) is 4.79 Å². The zero-order chi connectivity index (χ0) is 11.5. The third kappa shape index (κ3) is 2.58. The van der Waals surface area contributed by atoms with Gasteiger partial charge in [0.05, 0.1) is 12.0 Å². The lowest BCUT2D eigenvalue weighted by Gasteiger charge is -2.31. The van der Waals surface area contributed by atoms with Crippen LogP contribution in [0.4, 0.5) is 0 Å². The Bertz CT molecular complexity index is 353. The molecule has 0 aliphatic carbocycles. The molecule has 0 unspecified atom stereocenters. The summed E-state index contributed by atoms with van der Waals surface area (Å²) in [7, 11) is 0. The Morgan fingerprint density at radius 2 is 1.80 bits per heavy atom. The Hall–Kier alpha value is -1.31. The van der Waals surface area contributed by atoms with E-state index in [4.69, 9.17) is 4.74 Å². The van der Waals surface area contributed by atoms with Crippen molar-refractivity contribution in [3.63, 3.8) is 0 Å². The molecular formula is C13H18O2. The number of rotatable bonds is 0. The van der Waals surface area contributed by atoms with Gasteiger partial charge in [-0.15, -0.1) is 0 Å². The highest BCUT2D eigenvalue weighted by molar-refractivity contribution is 6.00. The summed E-state index contributed by atoms with van der Waals surface area (Å²) >= 11 is 0. The van der Waals surface area contributed by atoms with Gasteiger partial charge in [0.2, 0.25) is 0 Å². The zero-order valence-electron chi connectivity index (χ0n) is 9.83. The maximum absolute atomic E-state index is 11.6. The second kappa shape index (κ2) is 4.47. The van der Waals surface area contributed by atoms with Crippen LogP contribution in [0.2, 0.25) is 0 Å². The highest BCUT2D eigenvalue weighted by Crippen LogP contribution is 2.32. The van der Waals surface area contributed by atoms with Crippen LogP contribution in [-0.4, -0.2) is 11.4 Å². The molecule has 1 aliphatic heterocycles. The molecular weight excluding hydrogens is 188 g/mol. The van der Waals surface area contributed by atoms with Crippen molar-refractivity contribution in [2.75, 3.05) is 0 Å². The molecule has 0 saturated carbocycles. The van der Waals surface area contributed by atoms with Gasteiger partial charge in [-0.2, -0.15) is 0 Å². The van der Waals surface area contributed by atoms with E-state index in [0.29, 0.717) is 17.7 Å². The largest absolute Gasteiger partial charge is 0.487 e. The molecule has 15 heavy (non-hydrogen) atoms. The fourth-order valence-corrected chi connectivity index (χ4v) is 1.60. The van der Waals surface area contributed by atoms with E-state index in [1.807, 2.05) is 52.0 Å². The standard InChI is InChI=1S/C11H12O2.C2H6/c1-11(2)7-9(12)8-5-3-4-6-10(8)13-11;1-2/h3-6H,7H2,1-2H3;1-2H3. The van der Waals surface area contributed by atoms with Gasteiger partial charge in [0.15, 0.2) is 5.78 Å². The van der Waals surface area contributed by atoms with Crippen molar-refractivity contribution >= 4 is 5.78 Å². The molecule has 0 spiro atoms. The van der Waals surface area contributed by atoms with Crippen molar-refractivity contribution in [3.8, 4) is 5.75 Å². The smallest absolute Gasteiger partial charge is 0.170 e. The van der Waals surface area contributed by atoms with Crippen LogP contribution in [0, 0.1) is 0 Å². The van der Waals surface area contributed by atoms with E-state index < -0.39 is 0 Å². The van der Waals surface area contributed by atoms with Crippen molar-refractivity contribution in [2.24, 2.45) is 0 Å². The number of hydrogen-bond donors (Lipinski definition) is 0. The van der Waals surface area contributed by atoms with Crippen molar-refractivity contribution in [1.29, 1.82) is 0 Å². The molecule has 0 N–H and O–H groups in total. The monoisotopic (exact) mass is 206 g/mol. The Kier molecular flexibility index (Phi) is 3.51. The first kappa shape index (κ1) is 11.8. The fraction of sp³-hybridized carbons (Fsp3) is 0.462. The van der Waals surface area contributed by atoms with Crippen LogP contribution in [-0.2, 0) is 0 Å². The molecule has 2 heteroatoms. The number of carbonyl (C=O) groups excluding carboxylic acids is 1. The molecule has 1 heterocycles. The van der Waals surface area contributed by atoms with E-state index >= 15 is 0 Å². The lowest BCUT2D eigenvalue weighted by molar-refractivity contribution is 0.0620. The van der Waals surface area contributed by atoms with Gasteiger partial charge in [-0.25, -0.2) is 0 Å². The number of ketones is 1. The first-order chi connectivity index (χ1) is 7.08. The van der Waals surface area contributed by atoms with Crippen LogP contribution in [0.1, 0.15) is 44.5 Å². The highest BCUT2D eigenvalue weighted by atomic mass is 16.5. The molecule has 82 valence electrons. The van der Waals surface area contributed by atoms with E-state index in [1.165, 1.54) is 0 Å². The molecule has 2 rings (SSSR count). The maximum atomic E-state index is 11.6. The third-order valence-corrected chi connectivity index (χ3v) is 2.16. The average Bonchev–Trinajstić information content (AvgIpc) is 2.19. The van der Waals surface area contributed by atoms with Crippen molar-refractivity contribution in [1.82, 2.24) is 0 Å². The molecule has 0 atom stereocenters. The summed E-state index contributed by atoms with van der Waals surface area (Å²) in [6.45, 7) is 7.86. The Morgan fingerprint density at radius 3 is 2.47 bits per heavy atom. The summed E-state index contributed by atoms with van der Waals surface area (Å²) in [5, 5.41) is 0. The minimum atomic E-state index is -0.356. The molecule has 1 aromatic carbocycles. The molecule has 0 aromatic heterocycles. The number of fused-ring (bicyclic) bond motifs is 1. The van der Waals surface area contributed by atoms with Gasteiger partial charge in [0, 0.05) is 0 Å². The minimum Gasteiger partial charge on any atom is -0.487 e. The van der Waals surface area contributed by atoms with Crippen LogP contribution in [0.15, 0.2) is 24.3 Å². The van der Waals surface area contributed by atoms with Gasteiger partial charge >= 0.3 is 0 Å². The minimum absolute atomic E-state index is 0.173. The van der Waals surface area contributed by atoms with Crippen LogP contribution < -0.4 is 4.74 Å². The van der Waals surface area contributed by atoms with Crippen molar-refractivity contribution < 1.29 is 9.53 Å². The number of para-hydroxylation sites is 1. The zero-order valence-corrected chi connectivity index (χ0v) is 9.83. The molecule has 1 aromatic rings. The summed E-state index contributed by atoms with van der Waals surface area (Å²) in [5.74, 6) is 0.885. The van der Waals surface area contributed by atoms with Crippen molar-refractivity contribution in [2.45, 2.75) is 39.7 Å². The average molecular weight is 206 g/mol. The third-order valence-electron chi connectivity index (χ3n) is 2.16. The summed E-state index contributed by atoms with van der Waals surface area (Å²) in [6.07, 6.45) is 0.462. The molecule has 2 nitrogen and oxygen atoms in total. The molecule has 0 bridgehead atoms. The normalized spacial score (nSPS) is 16.9. The van der Waals surface area contributed by atoms with Gasteiger partial charge in [-0.1, -0.05) is 26.0 Å². The van der Waals surface area contributed by atoms with Crippen LogP contribution in [0.3, 0.4) is 0 Å². The van der Waals surface area contributed by atoms with Crippen LogP contribution >= 0.6 is 0 Å². The molecule has 0 fully saturated rings. The Morgan fingerprint density at radius 1 is 1.20 bits per heavy atom. The number of hydrogen-bond acceptors (Lipinski definition) is 2. The van der Waals surface area contributed by atoms with E-state index in [1.54, 1.807) is 0 Å². The topological polar surface area (TPSA) is 26.3 Å². The first-order valence-electron chi connectivity index (χ1n) is 5.40. The summed E-state index contributed by atoms with van der Waals surface area (Å²) in [5.41, 5.74) is 0.354. The van der Waals surface area contributed by atoms with Gasteiger partial charge in [0.1, 0.15) is 11.4 Å². The second-order valence-corrected chi connectivity index (χ2v) is 3.96. The lowest BCUT2D eigenvalue weighted by Crippen LogP contribution is -2.35. The number of Topliss-reactive ketones (excluding diaryl/α,β-unsaturated/α-hetero) is 1. The number of benzene rings is 1. The number of ether oxygens (including phenoxy) is 1. The maximum Gasteiger partial charge on any atom is 0.170 e.